The molecule has 1 aromatic carbocycles. The number of carbonyl (C=O) groups is 3. The zero-order valence-corrected chi connectivity index (χ0v) is 19.6. The maximum Gasteiger partial charge on any atom is 0.408 e. The third kappa shape index (κ3) is 9.87. The van der Waals surface area contributed by atoms with Gasteiger partial charge in [0.2, 0.25) is 5.91 Å². The minimum Gasteiger partial charge on any atom is -0.458 e. The first-order valence-corrected chi connectivity index (χ1v) is 10.1. The molecule has 0 heterocycles. The van der Waals surface area contributed by atoms with Gasteiger partial charge in [0.05, 0.1) is 4.47 Å². The number of benzene rings is 1. The second-order valence-electron chi connectivity index (χ2n) is 8.45. The van der Waals surface area contributed by atoms with Gasteiger partial charge in [-0.3, -0.25) is 4.79 Å². The Morgan fingerprint density at radius 3 is 2.27 bits per heavy atom. The van der Waals surface area contributed by atoms with Crippen LogP contribution in [0.5, 0.6) is 0 Å². The lowest BCUT2D eigenvalue weighted by Gasteiger charge is -2.26. The Hall–Kier alpha value is -2.42. The lowest BCUT2D eigenvalue weighted by atomic mass is 10.2. The van der Waals surface area contributed by atoms with E-state index in [-0.39, 0.29) is 16.6 Å². The van der Waals surface area contributed by atoms with Gasteiger partial charge < -0.3 is 20.1 Å². The number of ether oxygens (including phenoxy) is 2. The third-order valence-electron chi connectivity index (χ3n) is 3.26. The van der Waals surface area contributed by atoms with Crippen LogP contribution < -0.4 is 10.6 Å². The topological polar surface area (TPSA) is 93.7 Å². The monoisotopic (exact) mass is 486 g/mol. The molecule has 166 valence electrons. The molecule has 0 bridgehead atoms. The van der Waals surface area contributed by atoms with Gasteiger partial charge in [-0.15, -0.1) is 0 Å². The summed E-state index contributed by atoms with van der Waals surface area (Å²) in [5.41, 5.74) is -1.33. The fraction of sp³-hybridized carbons (Fsp3) is 0.476. The van der Waals surface area contributed by atoms with E-state index >= 15 is 0 Å². The summed E-state index contributed by atoms with van der Waals surface area (Å²) in [5.74, 6) is -1.80. The molecule has 7 nitrogen and oxygen atoms in total. The normalized spacial score (nSPS) is 12.9. The maximum atomic E-state index is 14.0. The van der Waals surface area contributed by atoms with E-state index < -0.39 is 41.0 Å². The van der Waals surface area contributed by atoms with Crippen molar-refractivity contribution in [3.05, 3.63) is 40.1 Å². The summed E-state index contributed by atoms with van der Waals surface area (Å²) in [6.45, 7) is 9.86. The van der Waals surface area contributed by atoms with Crippen molar-refractivity contribution in [2.45, 2.75) is 58.8 Å². The summed E-state index contributed by atoms with van der Waals surface area (Å²) in [5, 5.41) is 4.89. The fourth-order valence-corrected chi connectivity index (χ4v) is 2.47. The van der Waals surface area contributed by atoms with E-state index in [9.17, 15) is 18.8 Å². The van der Waals surface area contributed by atoms with Crippen molar-refractivity contribution >= 4 is 40.0 Å². The molecule has 1 aromatic rings. The molecule has 0 aliphatic heterocycles. The van der Waals surface area contributed by atoms with Crippen LogP contribution in [0.15, 0.2) is 28.7 Å². The molecule has 0 spiro atoms. The van der Waals surface area contributed by atoms with Gasteiger partial charge in [-0.25, -0.2) is 14.0 Å². The van der Waals surface area contributed by atoms with Gasteiger partial charge in [0, 0.05) is 18.2 Å². The van der Waals surface area contributed by atoms with Gasteiger partial charge in [0.15, 0.2) is 0 Å². The van der Waals surface area contributed by atoms with Gasteiger partial charge in [-0.1, -0.05) is 12.1 Å². The second-order valence-corrected chi connectivity index (χ2v) is 9.31. The molecule has 2 amide bonds. The molecular formula is C21H28BrFN2O5. The van der Waals surface area contributed by atoms with Crippen molar-refractivity contribution in [1.29, 1.82) is 0 Å². The molecule has 0 aliphatic carbocycles. The van der Waals surface area contributed by atoms with Crippen molar-refractivity contribution in [1.82, 2.24) is 10.6 Å². The van der Waals surface area contributed by atoms with Crippen LogP contribution in [-0.4, -0.2) is 41.8 Å². The van der Waals surface area contributed by atoms with Crippen LogP contribution in [0.25, 0.3) is 6.08 Å². The molecule has 1 atom stereocenters. The fourth-order valence-electron chi connectivity index (χ4n) is 2.09. The number of rotatable bonds is 6. The van der Waals surface area contributed by atoms with Crippen LogP contribution in [0.4, 0.5) is 9.18 Å². The molecule has 0 fully saturated rings. The number of alkyl carbamates (subject to hydrolysis) is 1. The van der Waals surface area contributed by atoms with Crippen molar-refractivity contribution in [3.8, 4) is 0 Å². The Morgan fingerprint density at radius 1 is 1.10 bits per heavy atom. The predicted octanol–water partition coefficient (Wildman–Crippen LogP) is 3.95. The number of carbonyl (C=O) groups excluding carboxylic acids is 3. The Bertz CT molecular complexity index is 813. The number of nitrogens with one attached hydrogen (secondary N) is 2. The number of halogens is 2. The molecule has 0 saturated carbocycles. The molecule has 2 N–H and O–H groups in total. The van der Waals surface area contributed by atoms with Crippen molar-refractivity contribution < 1.29 is 28.2 Å². The number of amides is 2. The Morgan fingerprint density at radius 2 is 1.70 bits per heavy atom. The second kappa shape index (κ2) is 10.6. The maximum absolute atomic E-state index is 14.0. The van der Waals surface area contributed by atoms with E-state index in [0.717, 1.165) is 6.08 Å². The Labute approximate surface area is 184 Å². The Kier molecular flexibility index (Phi) is 9.02. The van der Waals surface area contributed by atoms with Crippen LogP contribution in [0.2, 0.25) is 0 Å². The first kappa shape index (κ1) is 25.6. The minimum absolute atomic E-state index is 0.218. The predicted molar refractivity (Wildman–Crippen MR) is 115 cm³/mol. The average Bonchev–Trinajstić information content (AvgIpc) is 2.56. The molecule has 9 heteroatoms. The van der Waals surface area contributed by atoms with Crippen molar-refractivity contribution in [2.24, 2.45) is 0 Å². The molecule has 0 saturated heterocycles. The van der Waals surface area contributed by atoms with Gasteiger partial charge in [0.25, 0.3) is 0 Å². The number of esters is 1. The molecule has 0 radical (unpaired) electrons. The van der Waals surface area contributed by atoms with E-state index in [1.54, 1.807) is 53.7 Å². The molecule has 1 rings (SSSR count). The smallest absolute Gasteiger partial charge is 0.408 e. The van der Waals surface area contributed by atoms with Crippen LogP contribution >= 0.6 is 15.9 Å². The zero-order chi connectivity index (χ0) is 23.1. The molecule has 30 heavy (non-hydrogen) atoms. The standard InChI is InChI=1S/C21H28BrFN2O5/c1-20(2,3)29-18(27)15(25-19(28)30-21(4,5)6)12-24-16(26)11-10-13-8-7-9-14(22)17(13)23/h7-11,15H,12H2,1-6H3,(H,24,26)(H,25,28)/b11-10+. The van der Waals surface area contributed by atoms with Gasteiger partial charge in [0.1, 0.15) is 23.1 Å². The van der Waals surface area contributed by atoms with Crippen LogP contribution in [0.3, 0.4) is 0 Å². The molecule has 0 aliphatic rings. The molecule has 1 unspecified atom stereocenters. The van der Waals surface area contributed by atoms with Gasteiger partial charge in [-0.05, 0) is 69.6 Å². The van der Waals surface area contributed by atoms with E-state index in [1.165, 1.54) is 12.1 Å². The van der Waals surface area contributed by atoms with E-state index in [4.69, 9.17) is 9.47 Å². The van der Waals surface area contributed by atoms with Gasteiger partial charge >= 0.3 is 12.1 Å². The summed E-state index contributed by atoms with van der Waals surface area (Å²) in [7, 11) is 0. The van der Waals surface area contributed by atoms with E-state index in [1.807, 2.05) is 0 Å². The molecular weight excluding hydrogens is 459 g/mol. The summed E-state index contributed by atoms with van der Waals surface area (Å²) >= 11 is 3.07. The number of hydrogen-bond acceptors (Lipinski definition) is 5. The largest absolute Gasteiger partial charge is 0.458 e. The van der Waals surface area contributed by atoms with E-state index in [2.05, 4.69) is 26.6 Å². The lowest BCUT2D eigenvalue weighted by molar-refractivity contribution is -0.157. The van der Waals surface area contributed by atoms with Crippen LogP contribution in [0, 0.1) is 5.82 Å². The highest BCUT2D eigenvalue weighted by atomic mass is 79.9. The summed E-state index contributed by atoms with van der Waals surface area (Å²) in [6, 6.07) is 3.52. The quantitative estimate of drug-likeness (QED) is 0.468. The van der Waals surface area contributed by atoms with Crippen LogP contribution in [0.1, 0.15) is 47.1 Å². The molecule has 0 aromatic heterocycles. The average molecular weight is 487 g/mol. The highest BCUT2D eigenvalue weighted by molar-refractivity contribution is 9.10. The highest BCUT2D eigenvalue weighted by Gasteiger charge is 2.28. The Balaban J connectivity index is 2.81. The van der Waals surface area contributed by atoms with E-state index in [0.29, 0.717) is 0 Å². The van der Waals surface area contributed by atoms with Crippen molar-refractivity contribution in [2.75, 3.05) is 6.54 Å². The summed E-state index contributed by atoms with van der Waals surface area (Å²) in [4.78, 5) is 36.6. The zero-order valence-electron chi connectivity index (χ0n) is 18.0. The lowest BCUT2D eigenvalue weighted by Crippen LogP contribution is -2.51. The van der Waals surface area contributed by atoms with Crippen LogP contribution in [-0.2, 0) is 19.1 Å². The van der Waals surface area contributed by atoms with Crippen molar-refractivity contribution in [3.63, 3.8) is 0 Å². The van der Waals surface area contributed by atoms with Gasteiger partial charge in [-0.2, -0.15) is 0 Å². The third-order valence-corrected chi connectivity index (χ3v) is 3.87. The summed E-state index contributed by atoms with van der Waals surface area (Å²) < 4.78 is 24.7. The summed E-state index contributed by atoms with van der Waals surface area (Å²) in [6.07, 6.45) is 1.61. The SMILES string of the molecule is CC(C)(C)OC(=O)NC(CNC(=O)/C=C/c1cccc(Br)c1F)C(=O)OC(C)(C)C. The highest BCUT2D eigenvalue weighted by Crippen LogP contribution is 2.19. The minimum atomic E-state index is -1.17. The number of hydrogen-bond donors (Lipinski definition) is 2. The first-order valence-electron chi connectivity index (χ1n) is 9.30. The first-order chi connectivity index (χ1) is 13.7.